The van der Waals surface area contributed by atoms with E-state index in [1.807, 2.05) is 0 Å². The minimum absolute atomic E-state index is 0.606. The summed E-state index contributed by atoms with van der Waals surface area (Å²) >= 11 is 0. The van der Waals surface area contributed by atoms with Crippen LogP contribution in [-0.2, 0) is 9.53 Å². The molecule has 0 N–H and O–H groups in total. The van der Waals surface area contributed by atoms with Gasteiger partial charge in [-0.15, -0.1) is 0 Å². The van der Waals surface area contributed by atoms with E-state index in [-0.39, 0.29) is 0 Å². The van der Waals surface area contributed by atoms with Crippen LogP contribution in [-0.4, -0.2) is 5.97 Å². The van der Waals surface area contributed by atoms with Gasteiger partial charge >= 0.3 is 5.97 Å². The molecule has 2 radical (unpaired) electrons. The van der Waals surface area contributed by atoms with Crippen LogP contribution in [0.3, 0.4) is 0 Å². The molecule has 0 fully saturated rings. The molecule has 0 atom stereocenters. The van der Waals surface area contributed by atoms with Gasteiger partial charge in [-0.2, -0.15) is 0 Å². The molecular weight excluding hydrogens is 68.0 g/mol. The van der Waals surface area contributed by atoms with Crippen LogP contribution in [0.25, 0.3) is 0 Å². The predicted molar refractivity (Wildman–Crippen MR) is 16.8 cm³/mol. The summed E-state index contributed by atoms with van der Waals surface area (Å²) in [6, 6.07) is 0. The maximum atomic E-state index is 9.42. The summed E-state index contributed by atoms with van der Waals surface area (Å²) < 4.78 is 3.75. The van der Waals surface area contributed by atoms with Crippen molar-refractivity contribution in [2.75, 3.05) is 0 Å². The van der Waals surface area contributed by atoms with E-state index < -0.39 is 5.97 Å². The van der Waals surface area contributed by atoms with Crippen molar-refractivity contribution in [1.29, 1.82) is 0 Å². The molecule has 0 rings (SSSR count). The van der Waals surface area contributed by atoms with Gasteiger partial charge in [-0.25, -0.2) is 0 Å². The Labute approximate surface area is 30.7 Å². The van der Waals surface area contributed by atoms with Crippen molar-refractivity contribution in [3.8, 4) is 0 Å². The van der Waals surface area contributed by atoms with Crippen LogP contribution in [0.1, 0.15) is 0 Å². The molecule has 2 nitrogen and oxygen atoms in total. The summed E-state index contributed by atoms with van der Waals surface area (Å²) in [6.45, 7) is 2.83. The number of hydrogen-bond donors (Lipinski definition) is 0. The number of esters is 1. The highest BCUT2D eigenvalue weighted by molar-refractivity contribution is 5.73. The number of rotatable bonds is 0. The van der Waals surface area contributed by atoms with Crippen molar-refractivity contribution >= 4 is 5.97 Å². The van der Waals surface area contributed by atoms with E-state index in [2.05, 4.69) is 18.8 Å². The smallest absolute Gasteiger partial charge is 0.306 e. The van der Waals surface area contributed by atoms with E-state index >= 15 is 0 Å². The highest BCUT2D eigenvalue weighted by Crippen LogP contribution is 1.62. The number of carbonyl (C=O) groups excluding carboxylic acids is 1. The lowest BCUT2D eigenvalue weighted by Crippen LogP contribution is -1.86. The molecule has 0 aliphatic carbocycles. The van der Waals surface area contributed by atoms with Crippen molar-refractivity contribution < 1.29 is 9.53 Å². The first-order valence-corrected chi connectivity index (χ1v) is 1.05. The summed E-state index contributed by atoms with van der Waals surface area (Å²) in [5.74, 6) is -0.606. The molecule has 0 saturated carbocycles. The van der Waals surface area contributed by atoms with Gasteiger partial charge in [0.05, 0.1) is 6.92 Å². The van der Waals surface area contributed by atoms with Crippen LogP contribution in [0.2, 0.25) is 0 Å². The van der Waals surface area contributed by atoms with Crippen LogP contribution in [0.15, 0.2) is 0 Å². The zero-order chi connectivity index (χ0) is 4.28. The van der Waals surface area contributed by atoms with Gasteiger partial charge in [0.25, 0.3) is 0 Å². The third-order valence-electron chi connectivity index (χ3n) is 0.161. The van der Waals surface area contributed by atoms with E-state index in [0.29, 0.717) is 0 Å². The van der Waals surface area contributed by atoms with Crippen molar-refractivity contribution in [2.24, 2.45) is 0 Å². The van der Waals surface area contributed by atoms with Gasteiger partial charge in [-0.05, 0) is 0 Å². The minimum Gasteiger partial charge on any atom is -0.462 e. The van der Waals surface area contributed by atoms with Crippen LogP contribution in [0.5, 0.6) is 0 Å². The molecule has 0 aromatic heterocycles. The monoisotopic (exact) mass is 72.0 g/mol. The molecule has 0 heterocycles. The quantitative estimate of drug-likeness (QED) is 0.381. The van der Waals surface area contributed by atoms with E-state index in [1.54, 1.807) is 0 Å². The summed E-state index contributed by atoms with van der Waals surface area (Å²) in [5, 5.41) is 0. The van der Waals surface area contributed by atoms with E-state index in [1.165, 1.54) is 0 Å². The van der Waals surface area contributed by atoms with Gasteiger partial charge in [0.1, 0.15) is 7.11 Å². The van der Waals surface area contributed by atoms with Gasteiger partial charge in [0.2, 0.25) is 0 Å². The Morgan fingerprint density at radius 1 is 1.80 bits per heavy atom. The topological polar surface area (TPSA) is 26.3 Å². The molecule has 0 aliphatic rings. The van der Waals surface area contributed by atoms with Crippen molar-refractivity contribution in [1.82, 2.24) is 0 Å². The molecule has 0 amide bonds. The largest absolute Gasteiger partial charge is 0.462 e. The normalized spacial score (nSPS) is 6.80. The van der Waals surface area contributed by atoms with Gasteiger partial charge in [0.15, 0.2) is 0 Å². The fourth-order valence-electron chi connectivity index (χ4n) is 0. The van der Waals surface area contributed by atoms with Gasteiger partial charge in [-0.1, -0.05) is 0 Å². The maximum Gasteiger partial charge on any atom is 0.306 e. The molecular formula is C3H4O2. The molecule has 2 heteroatoms. The second kappa shape index (κ2) is 1.76. The Kier molecular flexibility index (Phi) is 1.57. The Balaban J connectivity index is 2.85. The molecule has 0 unspecified atom stereocenters. The van der Waals surface area contributed by atoms with E-state index in [4.69, 9.17) is 0 Å². The number of carbonyl (C=O) groups is 1. The zero-order valence-corrected chi connectivity index (χ0v) is 2.73. The van der Waals surface area contributed by atoms with E-state index in [0.717, 1.165) is 0 Å². The molecule has 0 spiro atoms. The molecule has 28 valence electrons. The highest BCUT2D eigenvalue weighted by Gasteiger charge is 1.76. The lowest BCUT2D eigenvalue weighted by atomic mass is 10.8. The molecule has 0 aliphatic heterocycles. The number of ether oxygens (including phenoxy) is 1. The maximum absolute atomic E-state index is 9.42. The predicted octanol–water partition coefficient (Wildman–Crippen LogP) is 0.155. The summed E-state index contributed by atoms with van der Waals surface area (Å²) in [4.78, 5) is 9.42. The molecule has 0 saturated heterocycles. The first kappa shape index (κ1) is 4.47. The minimum atomic E-state index is -0.606. The Morgan fingerprint density at radius 2 is 2.00 bits per heavy atom. The summed E-state index contributed by atoms with van der Waals surface area (Å²) in [7, 11) is 2.77. The molecule has 0 aromatic carbocycles. The average Bonchev–Trinajstić information content (AvgIpc) is 1.38. The summed E-state index contributed by atoms with van der Waals surface area (Å²) in [5.41, 5.74) is 0. The fourth-order valence-corrected chi connectivity index (χ4v) is 0. The second-order valence-corrected chi connectivity index (χ2v) is 0.516. The van der Waals surface area contributed by atoms with Crippen LogP contribution < -0.4 is 0 Å². The van der Waals surface area contributed by atoms with Crippen molar-refractivity contribution in [3.63, 3.8) is 0 Å². The Hall–Kier alpha value is -0.530. The van der Waals surface area contributed by atoms with E-state index in [9.17, 15) is 4.79 Å². The van der Waals surface area contributed by atoms with Crippen molar-refractivity contribution in [2.45, 2.75) is 0 Å². The lowest BCUT2D eigenvalue weighted by molar-refractivity contribution is -0.133. The van der Waals surface area contributed by atoms with Crippen LogP contribution >= 0.6 is 0 Å². The second-order valence-electron chi connectivity index (χ2n) is 0.516. The standard InChI is InChI=1S/C3H4O2/c1-3(4)5-2/h1-2H2. The van der Waals surface area contributed by atoms with Crippen LogP contribution in [0, 0.1) is 14.0 Å². The van der Waals surface area contributed by atoms with Crippen molar-refractivity contribution in [3.05, 3.63) is 14.0 Å². The fraction of sp³-hybridized carbons (Fsp3) is 0. The SMILES string of the molecule is [CH2]OC([CH2])=O. The number of hydrogen-bond acceptors (Lipinski definition) is 2. The van der Waals surface area contributed by atoms with Crippen LogP contribution in [0.4, 0.5) is 0 Å². The average molecular weight is 72.1 g/mol. The first-order valence-electron chi connectivity index (χ1n) is 1.05. The third-order valence-corrected chi connectivity index (χ3v) is 0.161. The Bertz CT molecular complexity index is 40.2. The lowest BCUT2D eigenvalue weighted by Gasteiger charge is -1.79. The molecule has 0 aromatic rings. The zero-order valence-electron chi connectivity index (χ0n) is 2.73. The third kappa shape index (κ3) is 3.47. The first-order chi connectivity index (χ1) is 2.27. The highest BCUT2D eigenvalue weighted by atomic mass is 16.5. The molecule has 5 heavy (non-hydrogen) atoms. The van der Waals surface area contributed by atoms with Gasteiger partial charge in [0, 0.05) is 0 Å². The van der Waals surface area contributed by atoms with Gasteiger partial charge in [-0.3, -0.25) is 4.79 Å². The Morgan fingerprint density at radius 3 is 2.00 bits per heavy atom. The molecule has 0 bridgehead atoms. The summed E-state index contributed by atoms with van der Waals surface area (Å²) in [6.07, 6.45) is 0. The van der Waals surface area contributed by atoms with Gasteiger partial charge < -0.3 is 4.74 Å².